The lowest BCUT2D eigenvalue weighted by molar-refractivity contribution is 0.297. The van der Waals surface area contributed by atoms with Crippen LogP contribution in [0.2, 0.25) is 0 Å². The quantitative estimate of drug-likeness (QED) is 0.490. The molecule has 0 radical (unpaired) electrons. The van der Waals surface area contributed by atoms with Crippen molar-refractivity contribution in [2.45, 2.75) is 0 Å². The Balaban J connectivity index is 2.57. The molecule has 0 unspecified atom stereocenters. The predicted octanol–water partition coefficient (Wildman–Crippen LogP) is 0.620. The average molecular weight is 165 g/mol. The van der Waals surface area contributed by atoms with Crippen molar-refractivity contribution in [2.24, 2.45) is 4.99 Å². The molecule has 1 saturated heterocycles. The molecule has 0 atom stereocenters. The van der Waals surface area contributed by atoms with Crippen LogP contribution in [0, 0.1) is 0 Å². The third kappa shape index (κ3) is 2.20. The van der Waals surface area contributed by atoms with E-state index in [-0.39, 0.29) is 0 Å². The Morgan fingerprint density at radius 2 is 2.08 bits per heavy atom. The van der Waals surface area contributed by atoms with E-state index in [9.17, 15) is 0 Å². The highest BCUT2D eigenvalue weighted by Crippen LogP contribution is 2.05. The zero-order chi connectivity index (χ0) is 8.81. The molecule has 66 valence electrons. The first-order chi connectivity index (χ1) is 5.88. The number of hydrogen-bond acceptors (Lipinski definition) is 3. The number of allylic oxidation sites excluding steroid dienone is 2. The first kappa shape index (κ1) is 9.00. The van der Waals surface area contributed by atoms with E-state index in [0.29, 0.717) is 0 Å². The molecule has 1 aliphatic rings. The fourth-order valence-corrected chi connectivity index (χ4v) is 1.26. The third-order valence-corrected chi connectivity index (χ3v) is 1.87. The zero-order valence-corrected chi connectivity index (χ0v) is 7.29. The van der Waals surface area contributed by atoms with Crippen LogP contribution in [0.25, 0.3) is 0 Å². The van der Waals surface area contributed by atoms with Gasteiger partial charge in [-0.05, 0) is 12.8 Å². The topological polar surface area (TPSA) is 27.6 Å². The molecule has 1 rings (SSSR count). The molecule has 12 heavy (non-hydrogen) atoms. The van der Waals surface area contributed by atoms with E-state index in [4.69, 9.17) is 0 Å². The summed E-state index contributed by atoms with van der Waals surface area (Å²) in [7, 11) is 0. The van der Waals surface area contributed by atoms with Gasteiger partial charge in [0.2, 0.25) is 0 Å². The second-order valence-electron chi connectivity index (χ2n) is 2.66. The maximum Gasteiger partial charge on any atom is 0.127 e. The van der Waals surface area contributed by atoms with Gasteiger partial charge in [0.05, 0.1) is 0 Å². The molecular weight excluding hydrogens is 150 g/mol. The monoisotopic (exact) mass is 165 g/mol. The Bertz CT molecular complexity index is 190. The van der Waals surface area contributed by atoms with Crippen LogP contribution in [0.3, 0.4) is 0 Å². The van der Waals surface area contributed by atoms with Gasteiger partial charge >= 0.3 is 0 Å². The van der Waals surface area contributed by atoms with Crippen molar-refractivity contribution in [3.63, 3.8) is 0 Å². The van der Waals surface area contributed by atoms with Crippen LogP contribution in [-0.4, -0.2) is 37.8 Å². The van der Waals surface area contributed by atoms with Crippen molar-refractivity contribution in [3.05, 3.63) is 24.6 Å². The van der Waals surface area contributed by atoms with E-state index in [2.05, 4.69) is 28.5 Å². The highest BCUT2D eigenvalue weighted by Gasteiger charge is 2.10. The Labute approximate surface area is 73.5 Å². The van der Waals surface area contributed by atoms with Gasteiger partial charge in [0, 0.05) is 26.2 Å². The summed E-state index contributed by atoms with van der Waals surface area (Å²) in [6, 6.07) is 0. The summed E-state index contributed by atoms with van der Waals surface area (Å²) in [6.45, 7) is 11.2. The minimum absolute atomic E-state index is 0.923. The van der Waals surface area contributed by atoms with Crippen molar-refractivity contribution in [3.8, 4) is 0 Å². The van der Waals surface area contributed by atoms with Crippen molar-refractivity contribution in [1.82, 2.24) is 10.2 Å². The Kier molecular flexibility index (Phi) is 3.54. The minimum atomic E-state index is 0.923. The van der Waals surface area contributed by atoms with Crippen LogP contribution in [0.1, 0.15) is 0 Å². The number of nitrogens with one attached hydrogen (secondary N) is 1. The van der Waals surface area contributed by atoms with Gasteiger partial charge in [-0.3, -0.25) is 0 Å². The molecule has 1 fully saturated rings. The molecule has 0 amide bonds. The Hall–Kier alpha value is -1.09. The number of rotatable bonds is 3. The number of nitrogens with zero attached hydrogens (tertiary/aromatic N) is 2. The van der Waals surface area contributed by atoms with Crippen molar-refractivity contribution >= 4 is 6.72 Å². The van der Waals surface area contributed by atoms with E-state index in [1.54, 1.807) is 6.08 Å². The summed E-state index contributed by atoms with van der Waals surface area (Å²) < 4.78 is 0. The van der Waals surface area contributed by atoms with Gasteiger partial charge in [0.1, 0.15) is 5.82 Å². The second-order valence-corrected chi connectivity index (χ2v) is 2.66. The van der Waals surface area contributed by atoms with Crippen LogP contribution in [0.5, 0.6) is 0 Å². The summed E-state index contributed by atoms with van der Waals surface area (Å²) in [5.41, 5.74) is 0. The van der Waals surface area contributed by atoms with E-state index in [1.807, 2.05) is 6.08 Å². The largest absolute Gasteiger partial charge is 0.354 e. The lowest BCUT2D eigenvalue weighted by Crippen LogP contribution is -2.42. The molecular formula is C9H15N3. The van der Waals surface area contributed by atoms with Crippen LogP contribution < -0.4 is 5.32 Å². The summed E-state index contributed by atoms with van der Waals surface area (Å²) in [4.78, 5) is 6.14. The van der Waals surface area contributed by atoms with E-state index in [0.717, 1.165) is 32.0 Å². The van der Waals surface area contributed by atoms with Gasteiger partial charge in [0.25, 0.3) is 0 Å². The molecule has 0 aromatic rings. The fraction of sp³-hybridized carbons (Fsp3) is 0.444. The maximum atomic E-state index is 3.94. The van der Waals surface area contributed by atoms with Crippen LogP contribution >= 0.6 is 0 Å². The standard InChI is InChI=1S/C9H15N3/c1-3-4-9(10-2)12-7-5-11-6-8-12/h3-4,11H,1-2,5-8H2/b9-4+. The fourth-order valence-electron chi connectivity index (χ4n) is 1.26. The molecule has 0 bridgehead atoms. The molecule has 3 heteroatoms. The molecule has 3 nitrogen and oxygen atoms in total. The van der Waals surface area contributed by atoms with Gasteiger partial charge in [-0.1, -0.05) is 12.7 Å². The lowest BCUT2D eigenvalue weighted by atomic mass is 10.3. The molecule has 0 aliphatic carbocycles. The zero-order valence-electron chi connectivity index (χ0n) is 7.29. The number of hydrogen-bond donors (Lipinski definition) is 1. The molecule has 1 heterocycles. The van der Waals surface area contributed by atoms with Crippen molar-refractivity contribution in [2.75, 3.05) is 26.2 Å². The molecule has 1 N–H and O–H groups in total. The smallest absolute Gasteiger partial charge is 0.127 e. The summed E-state index contributed by atoms with van der Waals surface area (Å²) in [5.74, 6) is 0.923. The predicted molar refractivity (Wildman–Crippen MR) is 52.3 cm³/mol. The van der Waals surface area contributed by atoms with Gasteiger partial charge in [-0.15, -0.1) is 0 Å². The average Bonchev–Trinajstić information content (AvgIpc) is 2.15. The molecule has 1 aliphatic heterocycles. The van der Waals surface area contributed by atoms with Crippen molar-refractivity contribution < 1.29 is 0 Å². The van der Waals surface area contributed by atoms with Crippen LogP contribution in [0.15, 0.2) is 29.5 Å². The minimum Gasteiger partial charge on any atom is -0.354 e. The number of piperazine rings is 1. The normalized spacial score (nSPS) is 19.0. The molecule has 0 aromatic heterocycles. The van der Waals surface area contributed by atoms with E-state index in [1.165, 1.54) is 0 Å². The Morgan fingerprint density at radius 1 is 1.42 bits per heavy atom. The summed E-state index contributed by atoms with van der Waals surface area (Å²) in [5, 5.41) is 3.28. The highest BCUT2D eigenvalue weighted by molar-refractivity contribution is 5.29. The van der Waals surface area contributed by atoms with Crippen LogP contribution in [0.4, 0.5) is 0 Å². The molecule has 0 saturated carbocycles. The highest BCUT2D eigenvalue weighted by atomic mass is 15.2. The summed E-state index contributed by atoms with van der Waals surface area (Å²) >= 11 is 0. The van der Waals surface area contributed by atoms with Crippen molar-refractivity contribution in [1.29, 1.82) is 0 Å². The Morgan fingerprint density at radius 3 is 2.58 bits per heavy atom. The SMILES string of the molecule is C=C/C=C(\N=C)N1CCNCC1. The van der Waals surface area contributed by atoms with Gasteiger partial charge < -0.3 is 10.2 Å². The van der Waals surface area contributed by atoms with E-state index < -0.39 is 0 Å². The lowest BCUT2D eigenvalue weighted by Gasteiger charge is -2.28. The first-order valence-corrected chi connectivity index (χ1v) is 4.13. The van der Waals surface area contributed by atoms with Gasteiger partial charge in [0.15, 0.2) is 0 Å². The maximum absolute atomic E-state index is 3.94. The number of aliphatic imine (C=N–C) groups is 1. The van der Waals surface area contributed by atoms with E-state index >= 15 is 0 Å². The molecule has 0 aromatic carbocycles. The van der Waals surface area contributed by atoms with Gasteiger partial charge in [-0.2, -0.15) is 0 Å². The molecule has 0 spiro atoms. The summed E-state index contributed by atoms with van der Waals surface area (Å²) in [6.07, 6.45) is 3.63. The van der Waals surface area contributed by atoms with Gasteiger partial charge in [-0.25, -0.2) is 4.99 Å². The second kappa shape index (κ2) is 4.72. The van der Waals surface area contributed by atoms with Crippen LogP contribution in [-0.2, 0) is 0 Å². The third-order valence-electron chi connectivity index (χ3n) is 1.87. The first-order valence-electron chi connectivity index (χ1n) is 4.13.